The van der Waals surface area contributed by atoms with Gasteiger partial charge < -0.3 is 10.6 Å². The van der Waals surface area contributed by atoms with Crippen LogP contribution in [-0.2, 0) is 11.3 Å². The zero-order chi connectivity index (χ0) is 17.5. The molecule has 2 aromatic rings. The number of halogens is 1. The molecule has 0 saturated heterocycles. The van der Waals surface area contributed by atoms with Crippen LogP contribution < -0.4 is 10.6 Å². The number of nitrogens with zero attached hydrogens (tertiary/aromatic N) is 2. The molecule has 0 unspecified atom stereocenters. The highest BCUT2D eigenvalue weighted by Gasteiger charge is 2.15. The van der Waals surface area contributed by atoms with E-state index in [1.54, 1.807) is 31.3 Å². The molecule has 2 amide bonds. The second-order valence-corrected chi connectivity index (χ2v) is 5.96. The molecule has 0 aliphatic rings. The summed E-state index contributed by atoms with van der Waals surface area (Å²) in [6.07, 6.45) is 4.68. The van der Waals surface area contributed by atoms with Crippen LogP contribution in [0.15, 0.2) is 36.7 Å². The van der Waals surface area contributed by atoms with Crippen LogP contribution >= 0.6 is 11.6 Å². The van der Waals surface area contributed by atoms with Gasteiger partial charge in [-0.3, -0.25) is 14.3 Å². The number of aromatic nitrogens is 2. The van der Waals surface area contributed by atoms with E-state index in [0.29, 0.717) is 29.2 Å². The Labute approximate surface area is 146 Å². The van der Waals surface area contributed by atoms with Crippen molar-refractivity contribution < 1.29 is 9.59 Å². The lowest BCUT2D eigenvalue weighted by Gasteiger charge is -2.16. The highest BCUT2D eigenvalue weighted by atomic mass is 35.5. The zero-order valence-electron chi connectivity index (χ0n) is 13.8. The Morgan fingerprint density at radius 3 is 2.83 bits per heavy atom. The van der Waals surface area contributed by atoms with Crippen LogP contribution in [-0.4, -0.2) is 27.6 Å². The SMILES string of the molecule is CCC(=O)Nc1cc(Cl)ccc1C(=O)N[C@H](C)CCn1cccn1. The molecule has 0 saturated carbocycles. The Bertz CT molecular complexity index is 701. The Kier molecular flexibility index (Phi) is 6.37. The fourth-order valence-corrected chi connectivity index (χ4v) is 2.36. The van der Waals surface area contributed by atoms with E-state index in [9.17, 15) is 9.59 Å². The number of aryl methyl sites for hydroxylation is 1. The summed E-state index contributed by atoms with van der Waals surface area (Å²) >= 11 is 5.97. The number of hydrogen-bond donors (Lipinski definition) is 2. The van der Waals surface area contributed by atoms with Crippen molar-refractivity contribution in [2.45, 2.75) is 39.3 Å². The second-order valence-electron chi connectivity index (χ2n) is 5.52. The first kappa shape index (κ1) is 18.0. The third kappa shape index (κ3) is 5.09. The molecule has 0 aliphatic carbocycles. The summed E-state index contributed by atoms with van der Waals surface area (Å²) < 4.78 is 1.82. The lowest BCUT2D eigenvalue weighted by atomic mass is 10.1. The van der Waals surface area contributed by atoms with E-state index in [0.717, 1.165) is 6.42 Å². The molecule has 128 valence electrons. The van der Waals surface area contributed by atoms with E-state index in [2.05, 4.69) is 15.7 Å². The zero-order valence-corrected chi connectivity index (χ0v) is 14.5. The minimum Gasteiger partial charge on any atom is -0.349 e. The van der Waals surface area contributed by atoms with E-state index < -0.39 is 0 Å². The molecule has 1 aromatic carbocycles. The van der Waals surface area contributed by atoms with Gasteiger partial charge in [0.05, 0.1) is 11.3 Å². The van der Waals surface area contributed by atoms with Crippen molar-refractivity contribution in [3.8, 4) is 0 Å². The van der Waals surface area contributed by atoms with Crippen LogP contribution in [0.25, 0.3) is 0 Å². The third-order valence-corrected chi connectivity index (χ3v) is 3.78. The molecule has 0 radical (unpaired) electrons. The van der Waals surface area contributed by atoms with Crippen molar-refractivity contribution in [2.75, 3.05) is 5.32 Å². The summed E-state index contributed by atoms with van der Waals surface area (Å²) in [5.74, 6) is -0.413. The van der Waals surface area contributed by atoms with Gasteiger partial charge in [-0.05, 0) is 37.6 Å². The fourth-order valence-electron chi connectivity index (χ4n) is 2.19. The van der Waals surface area contributed by atoms with Gasteiger partial charge in [0.15, 0.2) is 0 Å². The van der Waals surface area contributed by atoms with Crippen molar-refractivity contribution >= 4 is 29.1 Å². The number of rotatable bonds is 7. The molecule has 7 heteroatoms. The molecule has 1 aromatic heterocycles. The van der Waals surface area contributed by atoms with Crippen molar-refractivity contribution in [1.82, 2.24) is 15.1 Å². The number of amides is 2. The van der Waals surface area contributed by atoms with Gasteiger partial charge in [0.2, 0.25) is 5.91 Å². The van der Waals surface area contributed by atoms with Crippen LogP contribution in [0.3, 0.4) is 0 Å². The monoisotopic (exact) mass is 348 g/mol. The number of anilines is 1. The summed E-state index contributed by atoms with van der Waals surface area (Å²) in [5, 5.41) is 10.2. The topological polar surface area (TPSA) is 76.0 Å². The van der Waals surface area contributed by atoms with Crippen LogP contribution in [0.5, 0.6) is 0 Å². The summed E-state index contributed by atoms with van der Waals surface area (Å²) in [6.45, 7) is 4.40. The maximum Gasteiger partial charge on any atom is 0.253 e. The number of nitrogens with one attached hydrogen (secondary N) is 2. The first-order valence-electron chi connectivity index (χ1n) is 7.87. The minimum atomic E-state index is -0.244. The summed E-state index contributed by atoms with van der Waals surface area (Å²) in [7, 11) is 0. The van der Waals surface area contributed by atoms with E-state index in [1.807, 2.05) is 23.9 Å². The predicted molar refractivity (Wildman–Crippen MR) is 94.1 cm³/mol. The smallest absolute Gasteiger partial charge is 0.253 e. The average Bonchev–Trinajstić information content (AvgIpc) is 3.06. The standard InChI is InChI=1S/C17H21ClN4O2/c1-3-16(23)21-15-11-13(18)5-6-14(15)17(24)20-12(2)7-10-22-9-4-8-19-22/h4-6,8-9,11-12H,3,7,10H2,1-2H3,(H,20,24)(H,21,23)/t12-/m1/s1. The van der Waals surface area contributed by atoms with Gasteiger partial charge in [-0.15, -0.1) is 0 Å². The number of benzene rings is 1. The Hall–Kier alpha value is -2.34. The van der Waals surface area contributed by atoms with Crippen LogP contribution in [0.4, 0.5) is 5.69 Å². The van der Waals surface area contributed by atoms with Crippen molar-refractivity contribution in [3.05, 3.63) is 47.2 Å². The first-order valence-corrected chi connectivity index (χ1v) is 8.25. The highest BCUT2D eigenvalue weighted by molar-refractivity contribution is 6.31. The molecular weight excluding hydrogens is 328 g/mol. The third-order valence-electron chi connectivity index (χ3n) is 3.55. The lowest BCUT2D eigenvalue weighted by Crippen LogP contribution is -2.34. The second kappa shape index (κ2) is 8.49. The maximum atomic E-state index is 12.5. The molecule has 0 bridgehead atoms. The van der Waals surface area contributed by atoms with Gasteiger partial charge in [0, 0.05) is 36.4 Å². The minimum absolute atomic E-state index is 0.0351. The lowest BCUT2D eigenvalue weighted by molar-refractivity contribution is -0.115. The molecular formula is C17H21ClN4O2. The average molecular weight is 349 g/mol. The molecule has 2 N–H and O–H groups in total. The Morgan fingerprint density at radius 2 is 2.17 bits per heavy atom. The number of carbonyl (C=O) groups is 2. The molecule has 0 spiro atoms. The van der Waals surface area contributed by atoms with Gasteiger partial charge in [0.25, 0.3) is 5.91 Å². The van der Waals surface area contributed by atoms with Crippen LogP contribution in [0.1, 0.15) is 37.0 Å². The van der Waals surface area contributed by atoms with Gasteiger partial charge >= 0.3 is 0 Å². The molecule has 6 nitrogen and oxygen atoms in total. The Balaban J connectivity index is 2.01. The summed E-state index contributed by atoms with van der Waals surface area (Å²) in [6, 6.07) is 6.65. The molecule has 0 aliphatic heterocycles. The fraction of sp³-hybridized carbons (Fsp3) is 0.353. The summed E-state index contributed by atoms with van der Waals surface area (Å²) in [5.41, 5.74) is 0.818. The first-order chi connectivity index (χ1) is 11.5. The number of hydrogen-bond acceptors (Lipinski definition) is 3. The number of carbonyl (C=O) groups excluding carboxylic acids is 2. The molecule has 24 heavy (non-hydrogen) atoms. The van der Waals surface area contributed by atoms with Gasteiger partial charge in [-0.1, -0.05) is 18.5 Å². The van der Waals surface area contributed by atoms with E-state index in [-0.39, 0.29) is 17.9 Å². The van der Waals surface area contributed by atoms with E-state index in [4.69, 9.17) is 11.6 Å². The molecule has 0 fully saturated rings. The van der Waals surface area contributed by atoms with Crippen molar-refractivity contribution in [2.24, 2.45) is 0 Å². The van der Waals surface area contributed by atoms with E-state index in [1.165, 1.54) is 0 Å². The normalized spacial score (nSPS) is 11.8. The quantitative estimate of drug-likeness (QED) is 0.807. The van der Waals surface area contributed by atoms with Crippen LogP contribution in [0, 0.1) is 0 Å². The predicted octanol–water partition coefficient (Wildman–Crippen LogP) is 3.09. The van der Waals surface area contributed by atoms with Gasteiger partial charge in [-0.2, -0.15) is 5.10 Å². The Morgan fingerprint density at radius 1 is 1.38 bits per heavy atom. The van der Waals surface area contributed by atoms with E-state index >= 15 is 0 Å². The molecule has 1 atom stereocenters. The largest absolute Gasteiger partial charge is 0.349 e. The van der Waals surface area contributed by atoms with Crippen molar-refractivity contribution in [3.63, 3.8) is 0 Å². The highest BCUT2D eigenvalue weighted by Crippen LogP contribution is 2.21. The van der Waals surface area contributed by atoms with Crippen LogP contribution in [0.2, 0.25) is 5.02 Å². The van der Waals surface area contributed by atoms with Gasteiger partial charge in [-0.25, -0.2) is 0 Å². The van der Waals surface area contributed by atoms with Crippen molar-refractivity contribution in [1.29, 1.82) is 0 Å². The maximum absolute atomic E-state index is 12.5. The molecule has 2 rings (SSSR count). The summed E-state index contributed by atoms with van der Waals surface area (Å²) in [4.78, 5) is 24.1. The molecule has 1 heterocycles. The van der Waals surface area contributed by atoms with Gasteiger partial charge in [0.1, 0.15) is 0 Å².